The highest BCUT2D eigenvalue weighted by Crippen LogP contribution is 2.41. The Morgan fingerprint density at radius 2 is 1.97 bits per heavy atom. The Morgan fingerprint density at radius 3 is 2.76 bits per heavy atom. The van der Waals surface area contributed by atoms with Gasteiger partial charge in [-0.2, -0.15) is 0 Å². The molecule has 2 aliphatic heterocycles. The van der Waals surface area contributed by atoms with E-state index in [-0.39, 0.29) is 11.3 Å². The summed E-state index contributed by atoms with van der Waals surface area (Å²) in [6.07, 6.45) is 8.12. The third kappa shape index (κ3) is 5.22. The van der Waals surface area contributed by atoms with E-state index in [2.05, 4.69) is 11.9 Å². The van der Waals surface area contributed by atoms with Crippen LogP contribution in [0.2, 0.25) is 0 Å². The Balaban J connectivity index is 1.52. The lowest BCUT2D eigenvalue weighted by Gasteiger charge is -2.25. The minimum absolute atomic E-state index is 0.0479. The lowest BCUT2D eigenvalue weighted by molar-refractivity contribution is -0.695. The second-order valence-electron chi connectivity index (χ2n) is 9.33. The summed E-state index contributed by atoms with van der Waals surface area (Å²) < 4.78 is 19.1. The van der Waals surface area contributed by atoms with Crippen LogP contribution in [0.4, 0.5) is 0 Å². The molecule has 1 saturated heterocycles. The number of aliphatic hydroxyl groups is 1. The van der Waals surface area contributed by atoms with Gasteiger partial charge in [0.15, 0.2) is 11.5 Å². The standard InChI is InChI=1S/C29H31N3O6/c1-2-3-14-36-22-7-4-6-20(17-22)26-25(27(33)21-8-9-23-24(18-21)38-16-15-37-23)28(34)29(35)32(26)12-5-11-31-13-10-30-19-31/h4,6-10,13,17-19,26H,2-3,5,11-12,14-16H2,1H3,(H,33,34)/p+1. The number of amides is 1. The summed E-state index contributed by atoms with van der Waals surface area (Å²) in [6.45, 7) is 4.52. The molecule has 0 saturated carbocycles. The highest BCUT2D eigenvalue weighted by molar-refractivity contribution is 6.46. The molecule has 1 amide bonds. The normalized spacial score (nSPS) is 18.1. The van der Waals surface area contributed by atoms with E-state index in [1.165, 1.54) is 0 Å². The Kier molecular flexibility index (Phi) is 7.62. The average molecular weight is 519 g/mol. The maximum Gasteiger partial charge on any atom is 0.295 e. The van der Waals surface area contributed by atoms with Gasteiger partial charge in [0.25, 0.3) is 11.7 Å². The number of carbonyl (C=O) groups is 2. The third-order valence-corrected chi connectivity index (χ3v) is 6.71. The van der Waals surface area contributed by atoms with E-state index in [0.29, 0.717) is 67.7 Å². The number of Topliss-reactive ketones (excluding diaryl/α,β-unsaturated/α-hetero) is 1. The summed E-state index contributed by atoms with van der Waals surface area (Å²) in [4.78, 5) is 31.2. The van der Waals surface area contributed by atoms with Crippen LogP contribution in [0, 0.1) is 0 Å². The Labute approximate surface area is 221 Å². The van der Waals surface area contributed by atoms with Gasteiger partial charge in [-0.05, 0) is 42.3 Å². The molecule has 0 spiro atoms. The average Bonchev–Trinajstić information content (AvgIpc) is 3.55. The summed E-state index contributed by atoms with van der Waals surface area (Å²) >= 11 is 0. The lowest BCUT2D eigenvalue weighted by atomic mass is 9.95. The largest absolute Gasteiger partial charge is 0.507 e. The fourth-order valence-electron chi connectivity index (χ4n) is 4.80. The fourth-order valence-corrected chi connectivity index (χ4v) is 4.80. The number of unbranched alkanes of at least 4 members (excludes halogenated alkanes) is 1. The predicted molar refractivity (Wildman–Crippen MR) is 139 cm³/mol. The van der Waals surface area contributed by atoms with E-state index in [1.807, 2.05) is 47.6 Å². The van der Waals surface area contributed by atoms with Crippen LogP contribution in [0.5, 0.6) is 17.2 Å². The Hall–Kier alpha value is -4.27. The molecular weight excluding hydrogens is 486 g/mol. The van der Waals surface area contributed by atoms with Crippen LogP contribution in [0.3, 0.4) is 0 Å². The second-order valence-corrected chi connectivity index (χ2v) is 9.33. The van der Waals surface area contributed by atoms with Crippen molar-refractivity contribution >= 4 is 17.4 Å². The first kappa shape index (κ1) is 25.4. The van der Waals surface area contributed by atoms with Crippen LogP contribution < -0.4 is 18.8 Å². The molecular formula is C29H32N3O6+. The molecule has 2 aliphatic rings. The van der Waals surface area contributed by atoms with Crippen LogP contribution in [0.25, 0.3) is 5.76 Å². The molecule has 5 rings (SSSR count). The molecule has 198 valence electrons. The van der Waals surface area contributed by atoms with Gasteiger partial charge in [0.2, 0.25) is 6.33 Å². The minimum Gasteiger partial charge on any atom is -0.507 e. The van der Waals surface area contributed by atoms with Crippen LogP contribution in [-0.2, 0) is 16.1 Å². The number of benzene rings is 2. The predicted octanol–water partition coefficient (Wildman–Crippen LogP) is 3.76. The van der Waals surface area contributed by atoms with Crippen molar-refractivity contribution in [3.8, 4) is 17.2 Å². The Morgan fingerprint density at radius 1 is 1.13 bits per heavy atom. The molecule has 1 aromatic heterocycles. The zero-order valence-corrected chi connectivity index (χ0v) is 21.4. The number of ether oxygens (including phenoxy) is 3. The molecule has 0 radical (unpaired) electrons. The molecule has 0 aliphatic carbocycles. The summed E-state index contributed by atoms with van der Waals surface area (Å²) in [5.74, 6) is 0.123. The number of H-pyrrole nitrogens is 1. The van der Waals surface area contributed by atoms with Gasteiger partial charge in [0.05, 0.1) is 24.8 Å². The number of aliphatic hydroxyl groups excluding tert-OH is 1. The van der Waals surface area contributed by atoms with E-state index in [0.717, 1.165) is 12.8 Å². The number of likely N-dealkylation sites (tertiary alicyclic amines) is 1. The summed E-state index contributed by atoms with van der Waals surface area (Å²) in [5.41, 5.74) is 1.13. The number of carbonyl (C=O) groups excluding carboxylic acids is 2. The van der Waals surface area contributed by atoms with Crippen molar-refractivity contribution in [1.29, 1.82) is 0 Å². The van der Waals surface area contributed by atoms with E-state index in [4.69, 9.17) is 14.2 Å². The number of ketones is 1. The lowest BCUT2D eigenvalue weighted by Crippen LogP contribution is -2.36. The molecule has 9 nitrogen and oxygen atoms in total. The molecule has 0 bridgehead atoms. The summed E-state index contributed by atoms with van der Waals surface area (Å²) in [7, 11) is 0. The number of hydrogen-bond donors (Lipinski definition) is 2. The van der Waals surface area contributed by atoms with Gasteiger partial charge in [0, 0.05) is 18.5 Å². The topological polar surface area (TPSA) is 105 Å². The zero-order chi connectivity index (χ0) is 26.5. The van der Waals surface area contributed by atoms with Crippen molar-refractivity contribution in [2.75, 3.05) is 26.4 Å². The first-order valence-corrected chi connectivity index (χ1v) is 13.0. The number of nitrogens with one attached hydrogen (secondary N) is 1. The van der Waals surface area contributed by atoms with E-state index >= 15 is 0 Å². The monoisotopic (exact) mass is 518 g/mol. The van der Waals surface area contributed by atoms with E-state index in [9.17, 15) is 14.7 Å². The van der Waals surface area contributed by atoms with Crippen LogP contribution in [0.1, 0.15) is 43.4 Å². The zero-order valence-electron chi connectivity index (χ0n) is 21.4. The molecule has 1 unspecified atom stereocenters. The summed E-state index contributed by atoms with van der Waals surface area (Å²) in [5, 5.41) is 11.4. The molecule has 3 aromatic rings. The quantitative estimate of drug-likeness (QED) is 0.139. The van der Waals surface area contributed by atoms with Crippen LogP contribution >= 0.6 is 0 Å². The van der Waals surface area contributed by atoms with E-state index in [1.54, 1.807) is 23.1 Å². The number of nitrogens with zero attached hydrogens (tertiary/aromatic N) is 2. The number of rotatable bonds is 10. The van der Waals surface area contributed by atoms with Crippen molar-refractivity contribution in [2.24, 2.45) is 0 Å². The number of aromatic amines is 1. The molecule has 3 heterocycles. The number of aromatic nitrogens is 2. The molecule has 1 fully saturated rings. The van der Waals surface area contributed by atoms with Gasteiger partial charge in [-0.25, -0.2) is 4.57 Å². The van der Waals surface area contributed by atoms with Gasteiger partial charge >= 0.3 is 0 Å². The number of fused-ring (bicyclic) bond motifs is 1. The van der Waals surface area contributed by atoms with Gasteiger partial charge in [-0.3, -0.25) is 14.6 Å². The molecule has 38 heavy (non-hydrogen) atoms. The molecule has 2 N–H and O–H groups in total. The van der Waals surface area contributed by atoms with Gasteiger partial charge in [-0.15, -0.1) is 0 Å². The SMILES string of the molecule is CCCCOc1cccc(C2/C(=C(\O)c3ccc4c(c3)OCCO4)C(=O)C(=O)N2CCC[n+]2cc[nH]c2)c1. The molecule has 2 aromatic carbocycles. The highest BCUT2D eigenvalue weighted by Gasteiger charge is 2.46. The fraction of sp³-hybridized carbons (Fsp3) is 0.345. The number of imidazole rings is 1. The highest BCUT2D eigenvalue weighted by atomic mass is 16.6. The van der Waals surface area contributed by atoms with E-state index < -0.39 is 17.7 Å². The van der Waals surface area contributed by atoms with Crippen LogP contribution in [0.15, 0.2) is 66.8 Å². The third-order valence-electron chi connectivity index (χ3n) is 6.71. The maximum absolute atomic E-state index is 13.4. The van der Waals surface area contributed by atoms with Crippen molar-refractivity contribution in [1.82, 2.24) is 9.88 Å². The first-order chi connectivity index (χ1) is 18.6. The summed E-state index contributed by atoms with van der Waals surface area (Å²) in [6, 6.07) is 11.7. The van der Waals surface area contributed by atoms with Crippen molar-refractivity contribution in [3.05, 3.63) is 77.9 Å². The van der Waals surface area contributed by atoms with Crippen LogP contribution in [-0.4, -0.2) is 53.0 Å². The van der Waals surface area contributed by atoms with Crippen molar-refractivity contribution in [3.63, 3.8) is 0 Å². The number of hydrogen-bond acceptors (Lipinski definition) is 6. The van der Waals surface area contributed by atoms with Crippen molar-refractivity contribution in [2.45, 2.75) is 38.8 Å². The van der Waals surface area contributed by atoms with Gasteiger partial charge < -0.3 is 24.2 Å². The second kappa shape index (κ2) is 11.4. The maximum atomic E-state index is 13.4. The van der Waals surface area contributed by atoms with Crippen molar-refractivity contribution < 1.29 is 33.5 Å². The van der Waals surface area contributed by atoms with Gasteiger partial charge in [-0.1, -0.05) is 25.5 Å². The molecule has 1 atom stereocenters. The molecule has 9 heteroatoms. The first-order valence-electron chi connectivity index (χ1n) is 13.0. The van der Waals surface area contributed by atoms with Gasteiger partial charge in [0.1, 0.15) is 37.1 Å². The number of aryl methyl sites for hydroxylation is 1. The smallest absolute Gasteiger partial charge is 0.295 e. The minimum atomic E-state index is -0.755. The Bertz CT molecular complexity index is 1330.